The second kappa shape index (κ2) is 7.31. The Morgan fingerprint density at radius 2 is 2.14 bits per heavy atom. The number of rotatable bonds is 4. The molecule has 0 radical (unpaired) electrons. The first-order valence-electron chi connectivity index (χ1n) is 7.18. The molecule has 1 heterocycles. The Balaban J connectivity index is 2.32. The van der Waals surface area contributed by atoms with Gasteiger partial charge in [0.25, 0.3) is 5.91 Å². The van der Waals surface area contributed by atoms with Gasteiger partial charge in [0.15, 0.2) is 0 Å². The SMILES string of the molecule is CCCC(=O)Nc1c(Cl)cc(Cl)cc1C(=O)N1CC[C@@H](O)C1. The highest BCUT2D eigenvalue weighted by Gasteiger charge is 2.28. The number of nitrogens with one attached hydrogen (secondary N) is 1. The molecule has 5 nitrogen and oxygen atoms in total. The van der Waals surface area contributed by atoms with Gasteiger partial charge in [0, 0.05) is 24.5 Å². The van der Waals surface area contributed by atoms with E-state index in [0.717, 1.165) is 0 Å². The van der Waals surface area contributed by atoms with E-state index in [4.69, 9.17) is 23.2 Å². The van der Waals surface area contributed by atoms with Gasteiger partial charge in [0.2, 0.25) is 5.91 Å². The average Bonchev–Trinajstić information content (AvgIpc) is 2.87. The summed E-state index contributed by atoms with van der Waals surface area (Å²) in [6.45, 7) is 2.62. The van der Waals surface area contributed by atoms with Crippen LogP contribution in [0.3, 0.4) is 0 Å². The van der Waals surface area contributed by atoms with Gasteiger partial charge in [-0.15, -0.1) is 0 Å². The fourth-order valence-electron chi connectivity index (χ4n) is 2.39. The van der Waals surface area contributed by atoms with Crippen LogP contribution in [0.2, 0.25) is 10.0 Å². The number of nitrogens with zero attached hydrogens (tertiary/aromatic N) is 1. The molecule has 1 aromatic rings. The summed E-state index contributed by atoms with van der Waals surface area (Å²) in [5, 5.41) is 12.8. The number of amides is 2. The number of hydrogen-bond acceptors (Lipinski definition) is 3. The van der Waals surface area contributed by atoms with E-state index in [9.17, 15) is 14.7 Å². The van der Waals surface area contributed by atoms with Crippen molar-refractivity contribution in [1.82, 2.24) is 4.90 Å². The molecule has 0 bridgehead atoms. The minimum atomic E-state index is -0.517. The number of hydrogen-bond donors (Lipinski definition) is 2. The zero-order valence-corrected chi connectivity index (χ0v) is 13.7. The molecule has 0 spiro atoms. The third kappa shape index (κ3) is 3.91. The lowest BCUT2D eigenvalue weighted by atomic mass is 10.1. The standard InChI is InChI=1S/C15H18Cl2N2O3/c1-2-3-13(21)18-14-11(6-9(16)7-12(14)17)15(22)19-5-4-10(20)8-19/h6-7,10,20H,2-5,8H2,1H3,(H,18,21)/t10-/m1/s1. The van der Waals surface area contributed by atoms with Gasteiger partial charge < -0.3 is 15.3 Å². The summed E-state index contributed by atoms with van der Waals surface area (Å²) in [7, 11) is 0. The lowest BCUT2D eigenvalue weighted by Gasteiger charge is -2.19. The van der Waals surface area contributed by atoms with Crippen LogP contribution in [0.1, 0.15) is 36.5 Å². The fourth-order valence-corrected chi connectivity index (χ4v) is 2.94. The minimum absolute atomic E-state index is 0.206. The molecule has 2 amide bonds. The van der Waals surface area contributed by atoms with E-state index in [1.165, 1.54) is 17.0 Å². The lowest BCUT2D eigenvalue weighted by molar-refractivity contribution is -0.116. The van der Waals surface area contributed by atoms with Crippen molar-refractivity contribution < 1.29 is 14.7 Å². The molecular formula is C15H18Cl2N2O3. The number of carbonyl (C=O) groups is 2. The molecule has 1 atom stereocenters. The first kappa shape index (κ1) is 17.1. The number of likely N-dealkylation sites (tertiary alicyclic amines) is 1. The summed E-state index contributed by atoms with van der Waals surface area (Å²) in [5.41, 5.74) is 0.520. The molecule has 1 saturated heterocycles. The van der Waals surface area contributed by atoms with E-state index in [-0.39, 0.29) is 34.6 Å². The monoisotopic (exact) mass is 344 g/mol. The van der Waals surface area contributed by atoms with Crippen LogP contribution in [-0.2, 0) is 4.79 Å². The van der Waals surface area contributed by atoms with Crippen molar-refractivity contribution >= 4 is 40.7 Å². The van der Waals surface area contributed by atoms with Gasteiger partial charge in [0.05, 0.1) is 22.4 Å². The number of carbonyl (C=O) groups excluding carboxylic acids is 2. The molecule has 0 aromatic heterocycles. The van der Waals surface area contributed by atoms with Crippen molar-refractivity contribution in [2.24, 2.45) is 0 Å². The Bertz CT molecular complexity index is 592. The van der Waals surface area contributed by atoms with Crippen molar-refractivity contribution in [2.45, 2.75) is 32.3 Å². The Morgan fingerprint density at radius 1 is 1.41 bits per heavy atom. The van der Waals surface area contributed by atoms with Gasteiger partial charge in [0.1, 0.15) is 0 Å². The maximum Gasteiger partial charge on any atom is 0.256 e. The van der Waals surface area contributed by atoms with Gasteiger partial charge in [-0.25, -0.2) is 0 Å². The normalized spacial score (nSPS) is 17.6. The maximum atomic E-state index is 12.6. The predicted molar refractivity (Wildman–Crippen MR) is 86.5 cm³/mol. The number of aliphatic hydroxyl groups excluding tert-OH is 1. The van der Waals surface area contributed by atoms with E-state index in [1.54, 1.807) is 0 Å². The van der Waals surface area contributed by atoms with Crippen molar-refractivity contribution in [1.29, 1.82) is 0 Å². The molecule has 7 heteroatoms. The third-order valence-corrected chi connectivity index (χ3v) is 3.99. The molecule has 22 heavy (non-hydrogen) atoms. The predicted octanol–water partition coefficient (Wildman–Crippen LogP) is 2.94. The van der Waals surface area contributed by atoms with E-state index in [0.29, 0.717) is 30.8 Å². The Labute approximate surface area is 139 Å². The highest BCUT2D eigenvalue weighted by atomic mass is 35.5. The molecule has 0 saturated carbocycles. The number of β-amino-alcohol motifs (C(OH)–C–C–N with tert-alkyl or cyclic N) is 1. The quantitative estimate of drug-likeness (QED) is 0.882. The van der Waals surface area contributed by atoms with Crippen molar-refractivity contribution in [2.75, 3.05) is 18.4 Å². The molecule has 1 aliphatic rings. The Hall–Kier alpha value is -1.30. The van der Waals surface area contributed by atoms with Crippen LogP contribution in [0.25, 0.3) is 0 Å². The molecule has 1 aromatic carbocycles. The minimum Gasteiger partial charge on any atom is -0.391 e. The van der Waals surface area contributed by atoms with Crippen LogP contribution in [0.15, 0.2) is 12.1 Å². The smallest absolute Gasteiger partial charge is 0.256 e. The van der Waals surface area contributed by atoms with Crippen LogP contribution in [0.4, 0.5) is 5.69 Å². The van der Waals surface area contributed by atoms with Crippen molar-refractivity contribution in [3.8, 4) is 0 Å². The molecule has 120 valence electrons. The van der Waals surface area contributed by atoms with E-state index >= 15 is 0 Å². The van der Waals surface area contributed by atoms with E-state index < -0.39 is 6.10 Å². The van der Waals surface area contributed by atoms with Crippen LogP contribution < -0.4 is 5.32 Å². The fraction of sp³-hybridized carbons (Fsp3) is 0.467. The maximum absolute atomic E-state index is 12.6. The molecule has 2 rings (SSSR count). The van der Waals surface area contributed by atoms with Crippen LogP contribution in [0.5, 0.6) is 0 Å². The highest BCUT2D eigenvalue weighted by molar-refractivity contribution is 6.38. The first-order chi connectivity index (χ1) is 10.4. The zero-order chi connectivity index (χ0) is 16.3. The van der Waals surface area contributed by atoms with Crippen LogP contribution in [-0.4, -0.2) is 41.0 Å². The van der Waals surface area contributed by atoms with Gasteiger partial charge in [-0.1, -0.05) is 30.1 Å². The van der Waals surface area contributed by atoms with Gasteiger partial charge in [-0.2, -0.15) is 0 Å². The van der Waals surface area contributed by atoms with Gasteiger partial charge in [-0.05, 0) is 25.0 Å². The van der Waals surface area contributed by atoms with E-state index in [2.05, 4.69) is 5.32 Å². The summed E-state index contributed by atoms with van der Waals surface area (Å²) < 4.78 is 0. The summed E-state index contributed by atoms with van der Waals surface area (Å²) in [6.07, 6.45) is 1.06. The molecule has 0 aliphatic carbocycles. The summed E-state index contributed by atoms with van der Waals surface area (Å²) in [5.74, 6) is -0.505. The molecule has 1 fully saturated rings. The Morgan fingerprint density at radius 3 is 2.73 bits per heavy atom. The lowest BCUT2D eigenvalue weighted by Crippen LogP contribution is -2.30. The average molecular weight is 345 g/mol. The molecular weight excluding hydrogens is 327 g/mol. The van der Waals surface area contributed by atoms with Gasteiger partial charge >= 0.3 is 0 Å². The number of benzene rings is 1. The van der Waals surface area contributed by atoms with Crippen molar-refractivity contribution in [3.05, 3.63) is 27.7 Å². The largest absolute Gasteiger partial charge is 0.391 e. The number of halogens is 2. The van der Waals surface area contributed by atoms with E-state index in [1.807, 2.05) is 6.92 Å². The molecule has 0 unspecified atom stereocenters. The van der Waals surface area contributed by atoms with Crippen molar-refractivity contribution in [3.63, 3.8) is 0 Å². The second-order valence-electron chi connectivity index (χ2n) is 5.30. The Kier molecular flexibility index (Phi) is 5.67. The third-order valence-electron chi connectivity index (χ3n) is 3.48. The summed E-state index contributed by atoms with van der Waals surface area (Å²) >= 11 is 12.1. The second-order valence-corrected chi connectivity index (χ2v) is 6.15. The first-order valence-corrected chi connectivity index (χ1v) is 7.94. The number of anilines is 1. The zero-order valence-electron chi connectivity index (χ0n) is 12.2. The van der Waals surface area contributed by atoms with Crippen LogP contribution in [0, 0.1) is 0 Å². The van der Waals surface area contributed by atoms with Crippen LogP contribution >= 0.6 is 23.2 Å². The number of aliphatic hydroxyl groups is 1. The highest BCUT2D eigenvalue weighted by Crippen LogP contribution is 2.32. The molecule has 2 N–H and O–H groups in total. The molecule has 1 aliphatic heterocycles. The topological polar surface area (TPSA) is 69.6 Å². The summed E-state index contributed by atoms with van der Waals surface area (Å²) in [6, 6.07) is 2.97. The van der Waals surface area contributed by atoms with Gasteiger partial charge in [-0.3, -0.25) is 9.59 Å². The summed E-state index contributed by atoms with van der Waals surface area (Å²) in [4.78, 5) is 26.0.